The Kier molecular flexibility index (Phi) is 6.77. The number of fused-ring (bicyclic) bond motifs is 1. The number of para-hydroxylation sites is 2. The van der Waals surface area contributed by atoms with Crippen molar-refractivity contribution in [1.82, 2.24) is 20.5 Å². The molecule has 36 heavy (non-hydrogen) atoms. The lowest BCUT2D eigenvalue weighted by atomic mass is 9.95. The number of aromatic nitrogens is 1. The molecule has 1 aromatic heterocycles. The van der Waals surface area contributed by atoms with Crippen molar-refractivity contribution in [1.29, 1.82) is 0 Å². The fraction of sp³-hybridized carbons (Fsp3) is 0.222. The highest BCUT2D eigenvalue weighted by molar-refractivity contribution is 6.31. The highest BCUT2D eigenvalue weighted by Gasteiger charge is 2.31. The summed E-state index contributed by atoms with van der Waals surface area (Å²) < 4.78 is 5.79. The number of guanidine groups is 1. The summed E-state index contributed by atoms with van der Waals surface area (Å²) in [7, 11) is 1.98. The zero-order chi connectivity index (χ0) is 25.1. The standard InChI is InChI=1S/C27H27ClN6O2/c1-17-23(25(35)29-16-18-10-4-3-9-15-34(18)2)24(19-11-5-6-12-20(19)28)32-26(30-17)33-27-31-21-13-7-8-14-22(21)36-27/h5-15,24H,3-4,16H2,1-2H3,(H,29,35)(H2,30,31,32,33). The second-order valence-electron chi connectivity index (χ2n) is 8.63. The molecular weight excluding hydrogens is 476 g/mol. The van der Waals surface area contributed by atoms with E-state index in [1.165, 1.54) is 0 Å². The minimum absolute atomic E-state index is 0.211. The zero-order valence-corrected chi connectivity index (χ0v) is 20.8. The lowest BCUT2D eigenvalue weighted by Gasteiger charge is -2.27. The molecule has 0 spiro atoms. The number of benzene rings is 2. The highest BCUT2D eigenvalue weighted by atomic mass is 35.5. The Bertz CT molecular complexity index is 1390. The molecule has 2 aromatic carbocycles. The number of halogens is 1. The minimum Gasteiger partial charge on any atom is -0.423 e. The molecule has 0 saturated heterocycles. The number of carbonyl (C=O) groups is 1. The van der Waals surface area contributed by atoms with E-state index in [1.807, 2.05) is 67.5 Å². The average molecular weight is 503 g/mol. The van der Waals surface area contributed by atoms with Crippen LogP contribution in [0.1, 0.15) is 31.4 Å². The molecule has 2 aliphatic heterocycles. The van der Waals surface area contributed by atoms with Crippen molar-refractivity contribution < 1.29 is 9.21 Å². The molecule has 3 heterocycles. The first-order chi connectivity index (χ1) is 17.5. The third-order valence-corrected chi connectivity index (χ3v) is 6.47. The van der Waals surface area contributed by atoms with E-state index in [-0.39, 0.29) is 5.91 Å². The van der Waals surface area contributed by atoms with E-state index in [4.69, 9.17) is 21.0 Å². The van der Waals surface area contributed by atoms with Gasteiger partial charge in [0.25, 0.3) is 5.91 Å². The maximum absolute atomic E-state index is 13.5. The van der Waals surface area contributed by atoms with Gasteiger partial charge in [-0.2, -0.15) is 4.98 Å². The minimum atomic E-state index is -0.618. The molecule has 0 aliphatic carbocycles. The van der Waals surface area contributed by atoms with Crippen LogP contribution in [0.2, 0.25) is 5.02 Å². The number of aliphatic imine (C=N–C) groups is 1. The summed E-state index contributed by atoms with van der Waals surface area (Å²) in [6.07, 6.45) is 8.21. The van der Waals surface area contributed by atoms with Crippen LogP contribution in [0.15, 0.2) is 93.3 Å². The summed E-state index contributed by atoms with van der Waals surface area (Å²) >= 11 is 6.55. The molecule has 8 nitrogen and oxygen atoms in total. The van der Waals surface area contributed by atoms with Crippen LogP contribution in [0.4, 0.5) is 6.01 Å². The molecule has 0 radical (unpaired) electrons. The summed E-state index contributed by atoms with van der Waals surface area (Å²) in [6.45, 7) is 2.25. The number of nitrogens with one attached hydrogen (secondary N) is 3. The first-order valence-electron chi connectivity index (χ1n) is 11.8. The van der Waals surface area contributed by atoms with Gasteiger partial charge in [0, 0.05) is 29.0 Å². The molecule has 1 amide bonds. The normalized spacial score (nSPS) is 17.9. The smallest absolute Gasteiger partial charge is 0.302 e. The molecule has 5 rings (SSSR count). The number of oxazole rings is 1. The summed E-state index contributed by atoms with van der Waals surface area (Å²) in [5, 5.41) is 9.90. The van der Waals surface area contributed by atoms with E-state index in [1.54, 1.807) is 6.07 Å². The van der Waals surface area contributed by atoms with E-state index in [9.17, 15) is 4.79 Å². The van der Waals surface area contributed by atoms with Gasteiger partial charge in [0.15, 0.2) is 5.58 Å². The van der Waals surface area contributed by atoms with E-state index < -0.39 is 6.04 Å². The van der Waals surface area contributed by atoms with Crippen molar-refractivity contribution in [3.63, 3.8) is 0 Å². The van der Waals surface area contributed by atoms with Crippen LogP contribution < -0.4 is 16.0 Å². The van der Waals surface area contributed by atoms with Crippen LogP contribution in [0.5, 0.6) is 0 Å². The summed E-state index contributed by atoms with van der Waals surface area (Å²) in [4.78, 5) is 24.8. The Morgan fingerprint density at radius 2 is 2.00 bits per heavy atom. The molecule has 184 valence electrons. The second kappa shape index (κ2) is 10.3. The monoisotopic (exact) mass is 502 g/mol. The Balaban J connectivity index is 1.42. The Morgan fingerprint density at radius 3 is 2.83 bits per heavy atom. The number of likely N-dealkylation sites (N-methyl/N-ethyl adjacent to an activating group) is 1. The number of amides is 1. The number of allylic oxidation sites excluding steroid dienone is 3. The van der Waals surface area contributed by atoms with Gasteiger partial charge in [-0.1, -0.05) is 54.1 Å². The third kappa shape index (κ3) is 4.99. The van der Waals surface area contributed by atoms with Gasteiger partial charge >= 0.3 is 6.01 Å². The van der Waals surface area contributed by atoms with E-state index in [0.717, 1.165) is 29.6 Å². The van der Waals surface area contributed by atoms with Crippen molar-refractivity contribution in [2.45, 2.75) is 25.8 Å². The number of nitrogens with zero attached hydrogens (tertiary/aromatic N) is 3. The lowest BCUT2D eigenvalue weighted by molar-refractivity contribution is -0.117. The maximum Gasteiger partial charge on any atom is 0.302 e. The number of carbonyl (C=O) groups excluding carboxylic acids is 1. The van der Waals surface area contributed by atoms with Crippen LogP contribution >= 0.6 is 11.6 Å². The molecule has 9 heteroatoms. The Hall–Kier alpha value is -4.04. The van der Waals surface area contributed by atoms with Gasteiger partial charge in [-0.05, 0) is 44.2 Å². The average Bonchev–Trinajstić information content (AvgIpc) is 3.15. The first kappa shape index (κ1) is 23.7. The van der Waals surface area contributed by atoms with Crippen molar-refractivity contribution in [2.24, 2.45) is 4.99 Å². The molecule has 2 aliphatic rings. The Morgan fingerprint density at radius 1 is 1.19 bits per heavy atom. The summed E-state index contributed by atoms with van der Waals surface area (Å²) in [5.41, 5.74) is 4.33. The van der Waals surface area contributed by atoms with Gasteiger partial charge in [0.2, 0.25) is 5.96 Å². The number of rotatable bonds is 5. The molecule has 3 aromatic rings. The van der Waals surface area contributed by atoms with Crippen LogP contribution in [0.25, 0.3) is 11.1 Å². The van der Waals surface area contributed by atoms with Gasteiger partial charge in [-0.25, -0.2) is 4.99 Å². The summed E-state index contributed by atoms with van der Waals surface area (Å²) in [6, 6.07) is 14.6. The lowest BCUT2D eigenvalue weighted by Crippen LogP contribution is -2.40. The molecule has 3 N–H and O–H groups in total. The fourth-order valence-corrected chi connectivity index (χ4v) is 4.50. The van der Waals surface area contributed by atoms with Gasteiger partial charge in [0.1, 0.15) is 11.6 Å². The number of hydrogen-bond acceptors (Lipinski definition) is 7. The van der Waals surface area contributed by atoms with E-state index in [2.05, 4.69) is 33.1 Å². The SMILES string of the molecule is CC1=C(C(=O)NCC2=CCCC=CN2C)C(c2ccccc2Cl)N=C(Nc2nc3ccccc3o2)N1. The van der Waals surface area contributed by atoms with Crippen LogP contribution in [0, 0.1) is 0 Å². The van der Waals surface area contributed by atoms with Gasteiger partial charge in [-0.15, -0.1) is 0 Å². The quantitative estimate of drug-likeness (QED) is 0.449. The second-order valence-corrected chi connectivity index (χ2v) is 9.04. The van der Waals surface area contributed by atoms with Crippen LogP contribution in [-0.2, 0) is 4.79 Å². The third-order valence-electron chi connectivity index (χ3n) is 6.13. The molecule has 1 unspecified atom stereocenters. The van der Waals surface area contributed by atoms with E-state index in [0.29, 0.717) is 40.4 Å². The van der Waals surface area contributed by atoms with Gasteiger partial charge in [-0.3, -0.25) is 10.1 Å². The zero-order valence-electron chi connectivity index (χ0n) is 20.1. The summed E-state index contributed by atoms with van der Waals surface area (Å²) in [5.74, 6) is 0.203. The largest absolute Gasteiger partial charge is 0.423 e. The van der Waals surface area contributed by atoms with Gasteiger partial charge in [0.05, 0.1) is 12.1 Å². The van der Waals surface area contributed by atoms with Crippen molar-refractivity contribution in [3.05, 3.63) is 94.4 Å². The molecular formula is C27H27ClN6O2. The van der Waals surface area contributed by atoms with Crippen LogP contribution in [0.3, 0.4) is 0 Å². The fourth-order valence-electron chi connectivity index (χ4n) is 4.26. The van der Waals surface area contributed by atoms with Gasteiger partial charge < -0.3 is 20.0 Å². The first-order valence-corrected chi connectivity index (χ1v) is 12.2. The van der Waals surface area contributed by atoms with Crippen molar-refractivity contribution >= 4 is 40.6 Å². The molecule has 0 saturated carbocycles. The highest BCUT2D eigenvalue weighted by Crippen LogP contribution is 2.35. The van der Waals surface area contributed by atoms with Crippen LogP contribution in [-0.4, -0.2) is 35.3 Å². The predicted molar refractivity (Wildman–Crippen MR) is 142 cm³/mol. The number of anilines is 1. The van der Waals surface area contributed by atoms with Crippen molar-refractivity contribution in [2.75, 3.05) is 18.9 Å². The maximum atomic E-state index is 13.5. The molecule has 0 bridgehead atoms. The number of hydrogen-bond donors (Lipinski definition) is 3. The predicted octanol–water partition coefficient (Wildman–Crippen LogP) is 5.11. The van der Waals surface area contributed by atoms with E-state index >= 15 is 0 Å². The molecule has 1 atom stereocenters. The Labute approximate surface area is 214 Å². The topological polar surface area (TPSA) is 94.8 Å². The molecule has 0 fully saturated rings. The van der Waals surface area contributed by atoms with Crippen molar-refractivity contribution in [3.8, 4) is 0 Å².